The Kier molecular flexibility index (Phi) is 6.25. The van der Waals surface area contributed by atoms with Gasteiger partial charge in [0.25, 0.3) is 5.91 Å². The van der Waals surface area contributed by atoms with Gasteiger partial charge in [0.15, 0.2) is 0 Å². The molecule has 0 saturated carbocycles. The number of benzene rings is 1. The van der Waals surface area contributed by atoms with Crippen LogP contribution in [0.1, 0.15) is 29.1 Å². The second-order valence-corrected chi connectivity index (χ2v) is 7.05. The lowest BCUT2D eigenvalue weighted by molar-refractivity contribution is -0.133. The lowest BCUT2D eigenvalue weighted by Crippen LogP contribution is -2.49. The van der Waals surface area contributed by atoms with E-state index >= 15 is 0 Å². The van der Waals surface area contributed by atoms with Crippen LogP contribution >= 0.6 is 11.3 Å². The SMILES string of the molecule is CC(C)C(NC(=O)c1cccs1)C(=O)N(C)Cc1ccc(F)cc1F. The fourth-order valence-electron chi connectivity index (χ4n) is 2.35. The van der Waals surface area contributed by atoms with Gasteiger partial charge in [-0.2, -0.15) is 0 Å². The highest BCUT2D eigenvalue weighted by Gasteiger charge is 2.28. The molecule has 0 aliphatic carbocycles. The van der Waals surface area contributed by atoms with Crippen molar-refractivity contribution in [3.05, 3.63) is 57.8 Å². The van der Waals surface area contributed by atoms with Crippen LogP contribution in [0.3, 0.4) is 0 Å². The van der Waals surface area contributed by atoms with Gasteiger partial charge in [-0.1, -0.05) is 26.0 Å². The van der Waals surface area contributed by atoms with E-state index in [1.165, 1.54) is 29.4 Å². The zero-order valence-electron chi connectivity index (χ0n) is 14.3. The van der Waals surface area contributed by atoms with E-state index in [4.69, 9.17) is 0 Å². The molecule has 2 aromatic rings. The highest BCUT2D eigenvalue weighted by atomic mass is 32.1. The van der Waals surface area contributed by atoms with E-state index in [9.17, 15) is 18.4 Å². The van der Waals surface area contributed by atoms with E-state index in [2.05, 4.69) is 5.32 Å². The smallest absolute Gasteiger partial charge is 0.262 e. The average Bonchev–Trinajstić information content (AvgIpc) is 3.08. The molecule has 1 N–H and O–H groups in total. The Morgan fingerprint density at radius 2 is 1.96 bits per heavy atom. The van der Waals surface area contributed by atoms with Gasteiger partial charge in [0.1, 0.15) is 17.7 Å². The fraction of sp³-hybridized carbons (Fsp3) is 0.333. The first-order chi connectivity index (χ1) is 11.8. The molecule has 134 valence electrons. The summed E-state index contributed by atoms with van der Waals surface area (Å²) in [6.45, 7) is 3.64. The van der Waals surface area contributed by atoms with E-state index < -0.39 is 17.7 Å². The van der Waals surface area contributed by atoms with E-state index in [1.807, 2.05) is 13.8 Å². The Hall–Kier alpha value is -2.28. The molecule has 1 aromatic carbocycles. The predicted octanol–water partition coefficient (Wildman–Crippen LogP) is 3.44. The van der Waals surface area contributed by atoms with Crippen molar-refractivity contribution in [1.29, 1.82) is 0 Å². The Labute approximate surface area is 149 Å². The third-order valence-electron chi connectivity index (χ3n) is 3.76. The summed E-state index contributed by atoms with van der Waals surface area (Å²) in [5, 5.41) is 4.52. The van der Waals surface area contributed by atoms with Crippen molar-refractivity contribution in [3.8, 4) is 0 Å². The molecular weight excluding hydrogens is 346 g/mol. The quantitative estimate of drug-likeness (QED) is 0.851. The molecule has 0 fully saturated rings. The summed E-state index contributed by atoms with van der Waals surface area (Å²) in [7, 11) is 1.53. The summed E-state index contributed by atoms with van der Waals surface area (Å²) in [4.78, 5) is 26.8. The van der Waals surface area contributed by atoms with Crippen LogP contribution in [-0.4, -0.2) is 29.8 Å². The zero-order chi connectivity index (χ0) is 18.6. The molecule has 1 aromatic heterocycles. The third kappa shape index (κ3) is 4.85. The molecule has 0 bridgehead atoms. The van der Waals surface area contributed by atoms with Gasteiger partial charge in [0.2, 0.25) is 5.91 Å². The van der Waals surface area contributed by atoms with Gasteiger partial charge in [0, 0.05) is 25.2 Å². The minimum absolute atomic E-state index is 0.0109. The molecule has 25 heavy (non-hydrogen) atoms. The molecule has 0 saturated heterocycles. The molecule has 2 rings (SSSR count). The first kappa shape index (κ1) is 19.1. The number of carbonyl (C=O) groups is 2. The van der Waals surface area contributed by atoms with E-state index in [-0.39, 0.29) is 29.8 Å². The van der Waals surface area contributed by atoms with Crippen molar-refractivity contribution in [2.45, 2.75) is 26.4 Å². The van der Waals surface area contributed by atoms with Gasteiger partial charge in [-0.3, -0.25) is 9.59 Å². The van der Waals surface area contributed by atoms with Gasteiger partial charge in [-0.15, -0.1) is 11.3 Å². The number of carbonyl (C=O) groups excluding carboxylic acids is 2. The minimum Gasteiger partial charge on any atom is -0.340 e. The molecule has 1 heterocycles. The van der Waals surface area contributed by atoms with Crippen molar-refractivity contribution in [1.82, 2.24) is 10.2 Å². The maximum absolute atomic E-state index is 13.8. The molecule has 1 unspecified atom stereocenters. The van der Waals surface area contributed by atoms with Crippen molar-refractivity contribution in [2.75, 3.05) is 7.05 Å². The van der Waals surface area contributed by atoms with Crippen LogP contribution in [0.2, 0.25) is 0 Å². The number of likely N-dealkylation sites (N-methyl/N-ethyl adjacent to an activating group) is 1. The van der Waals surface area contributed by atoms with Crippen LogP contribution in [0.25, 0.3) is 0 Å². The maximum atomic E-state index is 13.8. The molecule has 0 spiro atoms. The molecule has 0 aliphatic heterocycles. The van der Waals surface area contributed by atoms with Crippen LogP contribution in [0.4, 0.5) is 8.78 Å². The van der Waals surface area contributed by atoms with E-state index in [0.29, 0.717) is 4.88 Å². The minimum atomic E-state index is -0.733. The summed E-state index contributed by atoms with van der Waals surface area (Å²) in [6.07, 6.45) is 0. The van der Waals surface area contributed by atoms with Crippen molar-refractivity contribution < 1.29 is 18.4 Å². The van der Waals surface area contributed by atoms with Crippen LogP contribution in [-0.2, 0) is 11.3 Å². The Morgan fingerprint density at radius 1 is 1.24 bits per heavy atom. The normalized spacial score (nSPS) is 12.1. The number of hydrogen-bond donors (Lipinski definition) is 1. The maximum Gasteiger partial charge on any atom is 0.262 e. The Bertz CT molecular complexity index is 748. The second-order valence-electron chi connectivity index (χ2n) is 6.10. The van der Waals surface area contributed by atoms with E-state index in [0.717, 1.165) is 12.1 Å². The fourth-order valence-corrected chi connectivity index (χ4v) is 2.98. The first-order valence-electron chi connectivity index (χ1n) is 7.83. The van der Waals surface area contributed by atoms with Crippen LogP contribution in [0, 0.1) is 17.6 Å². The molecule has 4 nitrogen and oxygen atoms in total. The van der Waals surface area contributed by atoms with Crippen molar-refractivity contribution in [3.63, 3.8) is 0 Å². The summed E-state index contributed by atoms with van der Waals surface area (Å²) in [5.41, 5.74) is 0.212. The van der Waals surface area contributed by atoms with Gasteiger partial charge in [-0.05, 0) is 23.4 Å². The van der Waals surface area contributed by atoms with Crippen LogP contribution < -0.4 is 5.32 Å². The number of nitrogens with one attached hydrogen (secondary N) is 1. The molecular formula is C18H20F2N2O2S. The number of thiophene rings is 1. The largest absolute Gasteiger partial charge is 0.340 e. The number of halogens is 2. The van der Waals surface area contributed by atoms with Gasteiger partial charge >= 0.3 is 0 Å². The summed E-state index contributed by atoms with van der Waals surface area (Å²) < 4.78 is 26.8. The Morgan fingerprint density at radius 3 is 2.52 bits per heavy atom. The number of rotatable bonds is 6. The topological polar surface area (TPSA) is 49.4 Å². The third-order valence-corrected chi connectivity index (χ3v) is 4.63. The summed E-state index contributed by atoms with van der Waals surface area (Å²) in [6, 6.07) is 5.95. The van der Waals surface area contributed by atoms with E-state index in [1.54, 1.807) is 17.5 Å². The number of nitrogens with zero attached hydrogens (tertiary/aromatic N) is 1. The Balaban J connectivity index is 2.09. The average molecular weight is 366 g/mol. The highest BCUT2D eigenvalue weighted by Crippen LogP contribution is 2.15. The lowest BCUT2D eigenvalue weighted by atomic mass is 10.0. The van der Waals surface area contributed by atoms with Gasteiger partial charge in [-0.25, -0.2) is 8.78 Å². The number of hydrogen-bond acceptors (Lipinski definition) is 3. The van der Waals surface area contributed by atoms with Crippen molar-refractivity contribution in [2.24, 2.45) is 5.92 Å². The van der Waals surface area contributed by atoms with Crippen LogP contribution in [0.15, 0.2) is 35.7 Å². The molecule has 1 atom stereocenters. The number of amides is 2. The molecule has 0 aliphatic rings. The predicted molar refractivity (Wildman–Crippen MR) is 93.2 cm³/mol. The van der Waals surface area contributed by atoms with Gasteiger partial charge < -0.3 is 10.2 Å². The molecule has 7 heteroatoms. The highest BCUT2D eigenvalue weighted by molar-refractivity contribution is 7.12. The zero-order valence-corrected chi connectivity index (χ0v) is 15.1. The van der Waals surface area contributed by atoms with Crippen LogP contribution in [0.5, 0.6) is 0 Å². The van der Waals surface area contributed by atoms with Gasteiger partial charge in [0.05, 0.1) is 4.88 Å². The monoisotopic (exact) mass is 366 g/mol. The summed E-state index contributed by atoms with van der Waals surface area (Å²) >= 11 is 1.29. The lowest BCUT2D eigenvalue weighted by Gasteiger charge is -2.27. The molecule has 0 radical (unpaired) electrons. The molecule has 2 amide bonds. The first-order valence-corrected chi connectivity index (χ1v) is 8.71. The van der Waals surface area contributed by atoms with Crippen molar-refractivity contribution >= 4 is 23.2 Å². The second kappa shape index (κ2) is 8.20. The summed E-state index contributed by atoms with van der Waals surface area (Å²) in [5.74, 6) is -2.16. The standard InChI is InChI=1S/C18H20F2N2O2S/c1-11(2)16(21-17(23)15-5-4-8-25-15)18(24)22(3)10-12-6-7-13(19)9-14(12)20/h4-9,11,16H,10H2,1-3H3,(H,21,23).